The fourth-order valence-electron chi connectivity index (χ4n) is 4.91. The maximum Gasteiger partial charge on any atom is 0.241 e. The average molecular weight is 460 g/mol. The van der Waals surface area contributed by atoms with Crippen molar-refractivity contribution in [1.82, 2.24) is 14.7 Å². The Hall–Kier alpha value is -2.32. The number of carbonyl (C=O) groups is 3. The number of ether oxygens (including phenoxy) is 1. The number of carbonyl (C=O) groups excluding carboxylic acids is 3. The largest absolute Gasteiger partial charge is 0.376 e. The average Bonchev–Trinajstić information content (AvgIpc) is 3.37. The molecule has 4 rings (SSSR count). The van der Waals surface area contributed by atoms with E-state index in [0.717, 1.165) is 25.7 Å². The molecule has 0 bridgehead atoms. The zero-order valence-electron chi connectivity index (χ0n) is 19.6. The zero-order chi connectivity index (χ0) is 23.6. The fourth-order valence-corrected chi connectivity index (χ4v) is 4.91. The van der Waals surface area contributed by atoms with Crippen LogP contribution in [-0.4, -0.2) is 85.4 Å². The maximum absolute atomic E-state index is 15.0. The van der Waals surface area contributed by atoms with Gasteiger partial charge in [-0.05, 0) is 51.8 Å². The minimum absolute atomic E-state index is 0.00499. The molecule has 3 amide bonds. The number of hydrogen-bond acceptors (Lipinski definition) is 5. The number of likely N-dealkylation sites (N-methyl/N-ethyl adjacent to an activating group) is 1. The van der Waals surface area contributed by atoms with Gasteiger partial charge < -0.3 is 14.5 Å². The molecule has 8 heteroatoms. The van der Waals surface area contributed by atoms with Crippen LogP contribution >= 0.6 is 0 Å². The van der Waals surface area contributed by atoms with Crippen molar-refractivity contribution in [2.24, 2.45) is 5.92 Å². The van der Waals surface area contributed by atoms with Gasteiger partial charge in [0.2, 0.25) is 17.7 Å². The molecule has 2 heterocycles. The molecule has 2 saturated heterocycles. The molecule has 180 valence electrons. The predicted molar refractivity (Wildman–Crippen MR) is 121 cm³/mol. The number of imide groups is 1. The second kappa shape index (κ2) is 9.89. The molecule has 33 heavy (non-hydrogen) atoms. The lowest BCUT2D eigenvalue weighted by Crippen LogP contribution is -2.46. The highest BCUT2D eigenvalue weighted by Gasteiger charge is 2.55. The minimum Gasteiger partial charge on any atom is -0.376 e. The van der Waals surface area contributed by atoms with E-state index in [9.17, 15) is 18.8 Å². The summed E-state index contributed by atoms with van der Waals surface area (Å²) in [7, 11) is 3.72. The Kier molecular flexibility index (Phi) is 7.14. The number of amides is 3. The molecule has 1 aromatic rings. The minimum atomic E-state index is -1.51. The van der Waals surface area contributed by atoms with E-state index in [2.05, 4.69) is 0 Å². The van der Waals surface area contributed by atoms with Crippen molar-refractivity contribution in [3.63, 3.8) is 0 Å². The summed E-state index contributed by atoms with van der Waals surface area (Å²) in [6.45, 7) is 2.53. The van der Waals surface area contributed by atoms with Crippen LogP contribution in [0.15, 0.2) is 24.3 Å². The van der Waals surface area contributed by atoms with Crippen molar-refractivity contribution < 1.29 is 23.5 Å². The number of nitrogens with zero attached hydrogens (tertiary/aromatic N) is 3. The number of benzene rings is 1. The molecule has 0 radical (unpaired) electrons. The molecule has 3 aliphatic rings. The van der Waals surface area contributed by atoms with Crippen molar-refractivity contribution >= 4 is 17.7 Å². The van der Waals surface area contributed by atoms with Crippen LogP contribution in [0.1, 0.15) is 44.1 Å². The Morgan fingerprint density at radius 1 is 1.18 bits per heavy atom. The van der Waals surface area contributed by atoms with E-state index >= 15 is 0 Å². The van der Waals surface area contributed by atoms with E-state index in [-0.39, 0.29) is 42.9 Å². The summed E-state index contributed by atoms with van der Waals surface area (Å²) in [6.07, 6.45) is 3.65. The lowest BCUT2D eigenvalue weighted by atomic mass is 9.75. The zero-order valence-corrected chi connectivity index (χ0v) is 19.6. The van der Waals surface area contributed by atoms with E-state index in [4.69, 9.17) is 4.74 Å². The first-order valence-electron chi connectivity index (χ1n) is 11.9. The fraction of sp³-hybridized carbons (Fsp3) is 0.640. The van der Waals surface area contributed by atoms with Crippen LogP contribution in [-0.2, 0) is 24.5 Å². The van der Waals surface area contributed by atoms with Gasteiger partial charge in [-0.25, -0.2) is 4.39 Å². The Bertz CT molecular complexity index is 897. The van der Waals surface area contributed by atoms with Crippen molar-refractivity contribution in [1.29, 1.82) is 0 Å². The van der Waals surface area contributed by atoms with E-state index in [1.54, 1.807) is 17.0 Å². The monoisotopic (exact) mass is 459 g/mol. The number of halogens is 1. The maximum atomic E-state index is 15.0. The summed E-state index contributed by atoms with van der Waals surface area (Å²) in [5, 5.41) is 0. The third-order valence-electron chi connectivity index (χ3n) is 7.00. The van der Waals surface area contributed by atoms with Gasteiger partial charge in [-0.1, -0.05) is 18.2 Å². The van der Waals surface area contributed by atoms with Gasteiger partial charge in [-0.2, -0.15) is 0 Å². The molecule has 2 aliphatic heterocycles. The number of rotatable bonds is 10. The molecular weight excluding hydrogens is 425 g/mol. The first-order chi connectivity index (χ1) is 15.8. The van der Waals surface area contributed by atoms with Gasteiger partial charge in [0.05, 0.1) is 11.5 Å². The van der Waals surface area contributed by atoms with Crippen LogP contribution in [0.4, 0.5) is 4.39 Å². The van der Waals surface area contributed by atoms with Gasteiger partial charge in [0.25, 0.3) is 0 Å². The molecule has 0 unspecified atom stereocenters. The molecule has 1 aromatic carbocycles. The molecule has 1 saturated carbocycles. The van der Waals surface area contributed by atoms with Gasteiger partial charge in [-0.15, -0.1) is 0 Å². The van der Waals surface area contributed by atoms with Gasteiger partial charge in [-0.3, -0.25) is 19.3 Å². The van der Waals surface area contributed by atoms with Gasteiger partial charge >= 0.3 is 0 Å². The lowest BCUT2D eigenvalue weighted by Gasteiger charge is -2.32. The van der Waals surface area contributed by atoms with Crippen LogP contribution < -0.4 is 0 Å². The van der Waals surface area contributed by atoms with Gasteiger partial charge in [0.1, 0.15) is 5.82 Å². The summed E-state index contributed by atoms with van der Waals surface area (Å²) in [6, 6.07) is 6.03. The Labute approximate surface area is 194 Å². The Balaban J connectivity index is 1.62. The van der Waals surface area contributed by atoms with Crippen LogP contribution in [0.5, 0.6) is 0 Å². The highest BCUT2D eigenvalue weighted by molar-refractivity contribution is 6.10. The van der Waals surface area contributed by atoms with Crippen LogP contribution in [0.3, 0.4) is 0 Å². The summed E-state index contributed by atoms with van der Waals surface area (Å²) < 4.78 is 20.7. The standard InChI is InChI=1S/C25H34FN3O4/c1-27(2)11-12-29-23(31)15-25(24(29)32,20-7-3-4-8-21(20)26)14-22(30)28(16-18-9-10-18)17-19-6-5-13-33-19/h3-4,7-8,18-19H,5-6,9-17H2,1-2H3/t19-,25-/m1/s1. The van der Waals surface area contributed by atoms with E-state index in [0.29, 0.717) is 32.2 Å². The van der Waals surface area contributed by atoms with Crippen molar-refractivity contribution in [2.75, 3.05) is 46.9 Å². The highest BCUT2D eigenvalue weighted by Crippen LogP contribution is 2.42. The van der Waals surface area contributed by atoms with Crippen LogP contribution in [0.25, 0.3) is 0 Å². The third kappa shape index (κ3) is 5.27. The van der Waals surface area contributed by atoms with Gasteiger partial charge in [0.15, 0.2) is 0 Å². The van der Waals surface area contributed by atoms with Crippen molar-refractivity contribution in [3.8, 4) is 0 Å². The Morgan fingerprint density at radius 2 is 1.94 bits per heavy atom. The molecule has 0 aromatic heterocycles. The van der Waals surface area contributed by atoms with Crippen molar-refractivity contribution in [3.05, 3.63) is 35.6 Å². The first-order valence-corrected chi connectivity index (χ1v) is 11.9. The normalized spacial score (nSPS) is 25.3. The quantitative estimate of drug-likeness (QED) is 0.502. The molecule has 0 spiro atoms. The van der Waals surface area contributed by atoms with Crippen LogP contribution in [0.2, 0.25) is 0 Å². The predicted octanol–water partition coefficient (Wildman–Crippen LogP) is 2.19. The van der Waals surface area contributed by atoms with E-state index < -0.39 is 17.1 Å². The first kappa shape index (κ1) is 23.8. The molecule has 2 atom stereocenters. The summed E-state index contributed by atoms with van der Waals surface area (Å²) >= 11 is 0. The summed E-state index contributed by atoms with van der Waals surface area (Å²) in [4.78, 5) is 45.1. The number of hydrogen-bond donors (Lipinski definition) is 0. The molecule has 0 N–H and O–H groups in total. The molecule has 7 nitrogen and oxygen atoms in total. The second-order valence-corrected chi connectivity index (χ2v) is 9.95. The van der Waals surface area contributed by atoms with Crippen LogP contribution in [0, 0.1) is 11.7 Å². The molecule has 3 fully saturated rings. The SMILES string of the molecule is CN(C)CCN1C(=O)C[C@](CC(=O)N(CC2CC2)C[C@H]2CCCO2)(c2ccccc2F)C1=O. The van der Waals surface area contributed by atoms with E-state index in [1.165, 1.54) is 17.0 Å². The third-order valence-corrected chi connectivity index (χ3v) is 7.00. The van der Waals surface area contributed by atoms with Crippen molar-refractivity contribution in [2.45, 2.75) is 50.0 Å². The number of likely N-dealkylation sites (tertiary alicyclic amines) is 1. The lowest BCUT2D eigenvalue weighted by molar-refractivity contribution is -0.143. The summed E-state index contributed by atoms with van der Waals surface area (Å²) in [5.74, 6) is -1.13. The van der Waals surface area contributed by atoms with Gasteiger partial charge in [0, 0.05) is 51.2 Å². The smallest absolute Gasteiger partial charge is 0.241 e. The Morgan fingerprint density at radius 3 is 2.58 bits per heavy atom. The molecular formula is C25H34FN3O4. The topological polar surface area (TPSA) is 70.2 Å². The second-order valence-electron chi connectivity index (χ2n) is 9.95. The summed E-state index contributed by atoms with van der Waals surface area (Å²) in [5.41, 5.74) is -1.38. The highest BCUT2D eigenvalue weighted by atomic mass is 19.1. The van der Waals surface area contributed by atoms with E-state index in [1.807, 2.05) is 19.0 Å². The molecule has 1 aliphatic carbocycles.